The Balaban J connectivity index is 1.40. The largest absolute Gasteiger partial charge is 0.315 e. The Bertz CT molecular complexity index is 1320. The molecule has 3 aromatic rings. The van der Waals surface area contributed by atoms with Gasteiger partial charge in [0.25, 0.3) is 5.91 Å². The number of carbonyl (C=O) groups is 2. The fraction of sp³-hybridized carbons (Fsp3) is 0.464. The molecular formula is C28H38FN7O2. The molecule has 0 unspecified atom stereocenters. The van der Waals surface area contributed by atoms with E-state index < -0.39 is 0 Å². The summed E-state index contributed by atoms with van der Waals surface area (Å²) >= 11 is 0. The van der Waals surface area contributed by atoms with Crippen LogP contribution in [0.2, 0.25) is 0 Å². The number of rotatable bonds is 11. The van der Waals surface area contributed by atoms with Crippen LogP contribution in [-0.2, 0) is 36.1 Å². The summed E-state index contributed by atoms with van der Waals surface area (Å²) in [6.45, 7) is 9.18. The van der Waals surface area contributed by atoms with Gasteiger partial charge < -0.3 is 10.2 Å². The Kier molecular flexibility index (Phi) is 8.76. The lowest BCUT2D eigenvalue weighted by Crippen LogP contribution is -2.47. The summed E-state index contributed by atoms with van der Waals surface area (Å²) in [7, 11) is 3.64. The lowest BCUT2D eigenvalue weighted by molar-refractivity contribution is -0.145. The number of nitrogens with zero attached hydrogens (tertiary/aromatic N) is 5. The van der Waals surface area contributed by atoms with Gasteiger partial charge in [0.15, 0.2) is 0 Å². The number of aromatic nitrogens is 2. The van der Waals surface area contributed by atoms with Crippen LogP contribution in [0.1, 0.15) is 36.2 Å². The highest BCUT2D eigenvalue weighted by Crippen LogP contribution is 2.29. The van der Waals surface area contributed by atoms with E-state index in [0.29, 0.717) is 26.2 Å². The second-order valence-corrected chi connectivity index (χ2v) is 9.74. The predicted molar refractivity (Wildman–Crippen MR) is 147 cm³/mol. The molecule has 9 nitrogen and oxygen atoms in total. The predicted octanol–water partition coefficient (Wildman–Crippen LogP) is 2.50. The van der Waals surface area contributed by atoms with E-state index in [9.17, 15) is 14.0 Å². The fourth-order valence-electron chi connectivity index (χ4n) is 5.05. The molecule has 204 valence electrons. The highest BCUT2D eigenvalue weighted by Gasteiger charge is 2.26. The Morgan fingerprint density at radius 3 is 2.53 bits per heavy atom. The number of likely N-dealkylation sites (N-methyl/N-ethyl adjacent to an activating group) is 2. The van der Waals surface area contributed by atoms with Crippen LogP contribution in [0.3, 0.4) is 0 Å². The molecule has 0 bridgehead atoms. The number of fused-ring (bicyclic) bond motifs is 2. The van der Waals surface area contributed by atoms with Crippen molar-refractivity contribution in [1.29, 1.82) is 0 Å². The molecule has 4 rings (SSSR count). The smallest absolute Gasteiger partial charge is 0.250 e. The second kappa shape index (κ2) is 12.0. The number of hydrazine groups is 1. The Morgan fingerprint density at radius 2 is 1.79 bits per heavy atom. The van der Waals surface area contributed by atoms with Crippen molar-refractivity contribution in [3.8, 4) is 0 Å². The van der Waals surface area contributed by atoms with Crippen LogP contribution < -0.4 is 15.5 Å². The maximum Gasteiger partial charge on any atom is 0.250 e. The van der Waals surface area contributed by atoms with Crippen molar-refractivity contribution in [2.45, 2.75) is 40.3 Å². The minimum absolute atomic E-state index is 0.0165. The van der Waals surface area contributed by atoms with Crippen molar-refractivity contribution >= 4 is 28.4 Å². The van der Waals surface area contributed by atoms with E-state index in [1.807, 2.05) is 36.7 Å². The van der Waals surface area contributed by atoms with Gasteiger partial charge in [0.2, 0.25) is 5.91 Å². The van der Waals surface area contributed by atoms with Crippen molar-refractivity contribution in [3.63, 3.8) is 0 Å². The number of anilines is 1. The molecule has 10 heteroatoms. The molecule has 2 amide bonds. The van der Waals surface area contributed by atoms with Gasteiger partial charge in [-0.05, 0) is 60.8 Å². The standard InChI is InChI=1S/C28H38FN7O2/c1-6-25-23-12-19(3)26(14-24(23)32-33(25)4)36(11-10-30-7-2)28(38)16-31-15-27(37)34(5)35-17-20-8-9-22(29)13-21(20)18-35/h8-9,12-14,30-31H,6-7,10-11,15-18H2,1-5H3. The van der Waals surface area contributed by atoms with Gasteiger partial charge in [-0.2, -0.15) is 5.10 Å². The van der Waals surface area contributed by atoms with Crippen molar-refractivity contribution in [2.24, 2.45) is 7.05 Å². The molecule has 1 aromatic heterocycles. The third kappa shape index (κ3) is 5.87. The number of hydrogen-bond acceptors (Lipinski definition) is 6. The van der Waals surface area contributed by atoms with E-state index >= 15 is 0 Å². The summed E-state index contributed by atoms with van der Waals surface area (Å²) in [6, 6.07) is 8.81. The number of amides is 2. The zero-order valence-corrected chi connectivity index (χ0v) is 23.0. The maximum atomic E-state index is 13.6. The van der Waals surface area contributed by atoms with Gasteiger partial charge in [-0.1, -0.05) is 19.9 Å². The van der Waals surface area contributed by atoms with Gasteiger partial charge in [0, 0.05) is 57.0 Å². The van der Waals surface area contributed by atoms with Crippen molar-refractivity contribution in [1.82, 2.24) is 30.4 Å². The van der Waals surface area contributed by atoms with Gasteiger partial charge in [-0.3, -0.25) is 24.6 Å². The minimum atomic E-state index is -0.276. The highest BCUT2D eigenvalue weighted by atomic mass is 19.1. The summed E-state index contributed by atoms with van der Waals surface area (Å²) in [5.74, 6) is -0.554. The molecule has 0 aliphatic carbocycles. The van der Waals surface area contributed by atoms with Gasteiger partial charge in [-0.15, -0.1) is 0 Å². The average molecular weight is 524 g/mol. The summed E-state index contributed by atoms with van der Waals surface area (Å²) < 4.78 is 15.5. The molecule has 0 saturated carbocycles. The van der Waals surface area contributed by atoms with E-state index in [1.165, 1.54) is 12.1 Å². The van der Waals surface area contributed by atoms with Gasteiger partial charge in [0.1, 0.15) is 5.82 Å². The maximum absolute atomic E-state index is 13.6. The van der Waals surface area contributed by atoms with Gasteiger partial charge >= 0.3 is 0 Å². The molecular weight excluding hydrogens is 485 g/mol. The summed E-state index contributed by atoms with van der Waals surface area (Å²) in [5.41, 5.74) is 5.75. The molecule has 0 saturated heterocycles. The van der Waals surface area contributed by atoms with Crippen LogP contribution in [0.15, 0.2) is 30.3 Å². The number of benzene rings is 2. The number of halogens is 1. The van der Waals surface area contributed by atoms with E-state index in [4.69, 9.17) is 0 Å². The van der Waals surface area contributed by atoms with E-state index in [2.05, 4.69) is 28.7 Å². The molecule has 0 radical (unpaired) electrons. The normalized spacial score (nSPS) is 13.2. The first kappa shape index (κ1) is 27.7. The quantitative estimate of drug-likeness (QED) is 0.376. The monoisotopic (exact) mass is 523 g/mol. The fourth-order valence-corrected chi connectivity index (χ4v) is 5.05. The summed E-state index contributed by atoms with van der Waals surface area (Å²) in [4.78, 5) is 28.0. The number of carbonyl (C=O) groups excluding carboxylic acids is 2. The molecule has 1 aliphatic rings. The van der Waals surface area contributed by atoms with Crippen molar-refractivity contribution in [2.75, 3.05) is 44.7 Å². The molecule has 38 heavy (non-hydrogen) atoms. The van der Waals surface area contributed by atoms with Crippen molar-refractivity contribution < 1.29 is 14.0 Å². The zero-order valence-electron chi connectivity index (χ0n) is 23.0. The summed E-state index contributed by atoms with van der Waals surface area (Å²) in [5, 5.41) is 15.5. The highest BCUT2D eigenvalue weighted by molar-refractivity contribution is 5.98. The van der Waals surface area contributed by atoms with Crippen LogP contribution in [0, 0.1) is 12.7 Å². The Labute approximate surface area is 223 Å². The summed E-state index contributed by atoms with van der Waals surface area (Å²) in [6.07, 6.45) is 0.877. The molecule has 1 aliphatic heterocycles. The van der Waals surface area contributed by atoms with Crippen LogP contribution in [0.25, 0.3) is 10.9 Å². The topological polar surface area (TPSA) is 85.7 Å². The molecule has 2 aromatic carbocycles. The first-order chi connectivity index (χ1) is 18.2. The third-order valence-electron chi connectivity index (χ3n) is 7.17. The third-order valence-corrected chi connectivity index (χ3v) is 7.17. The van der Waals surface area contributed by atoms with E-state index in [0.717, 1.165) is 51.9 Å². The van der Waals surface area contributed by atoms with Gasteiger partial charge in [0.05, 0.1) is 18.6 Å². The van der Waals surface area contributed by atoms with Crippen LogP contribution >= 0.6 is 0 Å². The molecule has 0 spiro atoms. The van der Waals surface area contributed by atoms with Gasteiger partial charge in [-0.25, -0.2) is 9.40 Å². The SMILES string of the molecule is CCNCCN(C(=O)CNCC(=O)N(C)N1Cc2ccc(F)cc2C1)c1cc2nn(C)c(CC)c2cc1C. The second-order valence-electron chi connectivity index (χ2n) is 9.74. The Morgan fingerprint density at radius 1 is 1.05 bits per heavy atom. The van der Waals surface area contributed by atoms with E-state index in [-0.39, 0.29) is 30.7 Å². The lowest BCUT2D eigenvalue weighted by Gasteiger charge is -2.28. The van der Waals surface area contributed by atoms with E-state index in [1.54, 1.807) is 23.0 Å². The number of nitrogens with one attached hydrogen (secondary N) is 2. The van der Waals surface area contributed by atoms with Crippen LogP contribution in [0.5, 0.6) is 0 Å². The number of hydrogen-bond donors (Lipinski definition) is 2. The molecule has 2 N–H and O–H groups in total. The molecule has 2 heterocycles. The first-order valence-corrected chi connectivity index (χ1v) is 13.2. The zero-order chi connectivity index (χ0) is 27.4. The molecule has 0 atom stereocenters. The molecule has 0 fully saturated rings. The van der Waals surface area contributed by atoms with Crippen LogP contribution in [0.4, 0.5) is 10.1 Å². The first-order valence-electron chi connectivity index (χ1n) is 13.2. The van der Waals surface area contributed by atoms with Crippen LogP contribution in [-0.4, -0.2) is 71.4 Å². The Hall–Kier alpha value is -3.34. The lowest BCUT2D eigenvalue weighted by atomic mass is 10.1. The number of aryl methyl sites for hydroxylation is 3. The van der Waals surface area contributed by atoms with Crippen molar-refractivity contribution in [3.05, 3.63) is 58.5 Å². The minimum Gasteiger partial charge on any atom is -0.315 e. The average Bonchev–Trinajstić information content (AvgIpc) is 3.44.